The van der Waals surface area contributed by atoms with Crippen molar-refractivity contribution in [1.29, 1.82) is 0 Å². The number of aliphatic hydroxyl groups excluding tert-OH is 1. The van der Waals surface area contributed by atoms with Crippen LogP contribution in [0.2, 0.25) is 5.02 Å². The smallest absolute Gasteiger partial charge is 0.133 e. The fourth-order valence-electron chi connectivity index (χ4n) is 1.82. The van der Waals surface area contributed by atoms with Crippen molar-refractivity contribution in [2.45, 2.75) is 13.0 Å². The van der Waals surface area contributed by atoms with E-state index in [0.29, 0.717) is 16.3 Å². The van der Waals surface area contributed by atoms with Gasteiger partial charge in [-0.2, -0.15) is 0 Å². The third-order valence-electron chi connectivity index (χ3n) is 3.01. The van der Waals surface area contributed by atoms with E-state index in [1.54, 1.807) is 24.3 Å². The Morgan fingerprint density at radius 3 is 2.53 bits per heavy atom. The number of ether oxygens (including phenoxy) is 1. The number of aliphatic hydroxyl groups is 1. The number of methoxy groups -OCH3 is 1. The van der Waals surface area contributed by atoms with Gasteiger partial charge in [0.05, 0.1) is 7.11 Å². The van der Waals surface area contributed by atoms with Gasteiger partial charge >= 0.3 is 0 Å². The summed E-state index contributed by atoms with van der Waals surface area (Å²) < 4.78 is 18.8. The third kappa shape index (κ3) is 2.88. The highest BCUT2D eigenvalue weighted by Crippen LogP contribution is 2.29. The Labute approximate surface area is 116 Å². The van der Waals surface area contributed by atoms with Crippen molar-refractivity contribution in [1.82, 2.24) is 0 Å². The molecule has 0 bridgehead atoms. The summed E-state index contributed by atoms with van der Waals surface area (Å²) in [6.07, 6.45) is -1.05. The first-order valence-electron chi connectivity index (χ1n) is 5.80. The van der Waals surface area contributed by atoms with Gasteiger partial charge in [0.25, 0.3) is 0 Å². The van der Waals surface area contributed by atoms with E-state index in [4.69, 9.17) is 16.3 Å². The largest absolute Gasteiger partial charge is 0.497 e. The van der Waals surface area contributed by atoms with E-state index < -0.39 is 11.9 Å². The number of rotatable bonds is 3. The molecule has 1 N–H and O–H groups in total. The molecular weight excluding hydrogens is 267 g/mol. The molecule has 2 nitrogen and oxygen atoms in total. The van der Waals surface area contributed by atoms with E-state index in [0.717, 1.165) is 5.56 Å². The highest BCUT2D eigenvalue weighted by Gasteiger charge is 2.16. The normalized spacial score (nSPS) is 12.3. The SMILES string of the molecule is COc1ccc(C(O)c2ccc(C)c(Cl)c2)c(F)c1. The molecule has 100 valence electrons. The van der Waals surface area contributed by atoms with Crippen LogP contribution in [0.4, 0.5) is 4.39 Å². The van der Waals surface area contributed by atoms with E-state index >= 15 is 0 Å². The Balaban J connectivity index is 2.38. The molecule has 19 heavy (non-hydrogen) atoms. The van der Waals surface area contributed by atoms with Gasteiger partial charge in [0.2, 0.25) is 0 Å². The fourth-order valence-corrected chi connectivity index (χ4v) is 2.00. The molecule has 0 saturated carbocycles. The van der Waals surface area contributed by atoms with Crippen molar-refractivity contribution < 1.29 is 14.2 Å². The van der Waals surface area contributed by atoms with E-state index in [-0.39, 0.29) is 5.56 Å². The average molecular weight is 281 g/mol. The monoisotopic (exact) mass is 280 g/mol. The second kappa shape index (κ2) is 5.59. The number of aryl methyl sites for hydroxylation is 1. The minimum atomic E-state index is -1.05. The molecule has 0 spiro atoms. The zero-order valence-electron chi connectivity index (χ0n) is 10.7. The number of halogens is 2. The molecule has 2 aromatic rings. The van der Waals surface area contributed by atoms with Gasteiger partial charge in [-0.15, -0.1) is 0 Å². The molecule has 2 aromatic carbocycles. The Morgan fingerprint density at radius 2 is 1.95 bits per heavy atom. The summed E-state index contributed by atoms with van der Waals surface area (Å²) in [5.41, 5.74) is 1.66. The summed E-state index contributed by atoms with van der Waals surface area (Å²) in [6, 6.07) is 9.53. The van der Waals surface area contributed by atoms with Crippen molar-refractivity contribution in [3.05, 3.63) is 63.9 Å². The predicted molar refractivity (Wildman–Crippen MR) is 73.2 cm³/mol. The molecule has 0 aromatic heterocycles. The van der Waals surface area contributed by atoms with Crippen LogP contribution in [0.5, 0.6) is 5.75 Å². The number of benzene rings is 2. The van der Waals surface area contributed by atoms with Gasteiger partial charge in [0, 0.05) is 16.7 Å². The van der Waals surface area contributed by atoms with Crippen LogP contribution >= 0.6 is 11.6 Å². The van der Waals surface area contributed by atoms with Gasteiger partial charge < -0.3 is 9.84 Å². The lowest BCUT2D eigenvalue weighted by atomic mass is 10.00. The fraction of sp³-hybridized carbons (Fsp3) is 0.200. The van der Waals surface area contributed by atoms with Crippen molar-refractivity contribution in [3.8, 4) is 5.75 Å². The quantitative estimate of drug-likeness (QED) is 0.924. The Morgan fingerprint density at radius 1 is 1.21 bits per heavy atom. The summed E-state index contributed by atoms with van der Waals surface area (Å²) in [5, 5.41) is 10.8. The van der Waals surface area contributed by atoms with E-state index in [1.807, 2.05) is 6.92 Å². The minimum Gasteiger partial charge on any atom is -0.497 e. The molecule has 0 fully saturated rings. The van der Waals surface area contributed by atoms with Crippen molar-refractivity contribution >= 4 is 11.6 Å². The number of hydrogen-bond acceptors (Lipinski definition) is 2. The Kier molecular flexibility index (Phi) is 4.08. The van der Waals surface area contributed by atoms with Crippen LogP contribution in [0, 0.1) is 12.7 Å². The van der Waals surface area contributed by atoms with Crippen LogP contribution in [0.1, 0.15) is 22.8 Å². The molecule has 0 aliphatic carbocycles. The van der Waals surface area contributed by atoms with Gasteiger partial charge in [0.1, 0.15) is 17.7 Å². The standard InChI is InChI=1S/C15H14ClFO2/c1-9-3-4-10(7-13(9)16)15(18)12-6-5-11(19-2)8-14(12)17/h3-8,15,18H,1-2H3. The molecule has 4 heteroatoms. The Bertz CT molecular complexity index is 599. The second-order valence-electron chi connectivity index (χ2n) is 4.30. The van der Waals surface area contributed by atoms with Crippen molar-refractivity contribution in [2.24, 2.45) is 0 Å². The lowest BCUT2D eigenvalue weighted by molar-refractivity contribution is 0.214. The van der Waals surface area contributed by atoms with Gasteiger partial charge in [-0.25, -0.2) is 4.39 Å². The van der Waals surface area contributed by atoms with Crippen LogP contribution in [0.25, 0.3) is 0 Å². The zero-order valence-corrected chi connectivity index (χ0v) is 11.4. The van der Waals surface area contributed by atoms with Crippen LogP contribution in [-0.2, 0) is 0 Å². The van der Waals surface area contributed by atoms with Crippen LogP contribution in [-0.4, -0.2) is 12.2 Å². The highest BCUT2D eigenvalue weighted by molar-refractivity contribution is 6.31. The lowest BCUT2D eigenvalue weighted by Crippen LogP contribution is -2.03. The molecule has 0 heterocycles. The van der Waals surface area contributed by atoms with E-state index in [9.17, 15) is 9.50 Å². The maximum atomic E-state index is 13.9. The lowest BCUT2D eigenvalue weighted by Gasteiger charge is -2.14. The Hall–Kier alpha value is -1.58. The topological polar surface area (TPSA) is 29.5 Å². The first kappa shape index (κ1) is 13.8. The van der Waals surface area contributed by atoms with Gasteiger partial charge in [-0.1, -0.05) is 23.7 Å². The first-order valence-corrected chi connectivity index (χ1v) is 6.18. The maximum Gasteiger partial charge on any atom is 0.133 e. The predicted octanol–water partition coefficient (Wildman–Crippen LogP) is 3.88. The first-order chi connectivity index (χ1) is 9.02. The maximum absolute atomic E-state index is 13.9. The van der Waals surface area contributed by atoms with E-state index in [1.165, 1.54) is 19.2 Å². The molecule has 0 aliphatic rings. The molecule has 0 aliphatic heterocycles. The molecule has 1 atom stereocenters. The molecule has 0 saturated heterocycles. The van der Waals surface area contributed by atoms with Gasteiger partial charge in [0.15, 0.2) is 0 Å². The summed E-state index contributed by atoms with van der Waals surface area (Å²) in [4.78, 5) is 0. The average Bonchev–Trinajstić information content (AvgIpc) is 2.41. The van der Waals surface area contributed by atoms with Crippen LogP contribution in [0.15, 0.2) is 36.4 Å². The summed E-state index contributed by atoms with van der Waals surface area (Å²) in [7, 11) is 1.46. The van der Waals surface area contributed by atoms with Crippen LogP contribution in [0.3, 0.4) is 0 Å². The molecular formula is C15H14ClFO2. The van der Waals surface area contributed by atoms with Gasteiger partial charge in [-0.05, 0) is 36.2 Å². The second-order valence-corrected chi connectivity index (χ2v) is 4.71. The molecule has 2 rings (SSSR count). The molecule has 1 unspecified atom stereocenters. The van der Waals surface area contributed by atoms with Crippen molar-refractivity contribution in [2.75, 3.05) is 7.11 Å². The summed E-state index contributed by atoms with van der Waals surface area (Å²) in [6.45, 7) is 1.87. The highest BCUT2D eigenvalue weighted by atomic mass is 35.5. The van der Waals surface area contributed by atoms with Crippen LogP contribution < -0.4 is 4.74 Å². The number of hydrogen-bond donors (Lipinski definition) is 1. The molecule has 0 radical (unpaired) electrons. The molecule has 0 amide bonds. The van der Waals surface area contributed by atoms with Crippen molar-refractivity contribution in [3.63, 3.8) is 0 Å². The zero-order chi connectivity index (χ0) is 14.0. The summed E-state index contributed by atoms with van der Waals surface area (Å²) in [5.74, 6) is -0.0982. The third-order valence-corrected chi connectivity index (χ3v) is 3.42. The minimum absolute atomic E-state index is 0.195. The van der Waals surface area contributed by atoms with Gasteiger partial charge in [-0.3, -0.25) is 0 Å². The van der Waals surface area contributed by atoms with E-state index in [2.05, 4.69) is 0 Å². The summed E-state index contributed by atoms with van der Waals surface area (Å²) >= 11 is 6.01.